The van der Waals surface area contributed by atoms with E-state index >= 15 is 0 Å². The Labute approximate surface area is 177 Å². The van der Waals surface area contributed by atoms with Gasteiger partial charge in [-0.1, -0.05) is 0 Å². The lowest BCUT2D eigenvalue weighted by Crippen LogP contribution is -2.56. The summed E-state index contributed by atoms with van der Waals surface area (Å²) in [4.78, 5) is 8.38. The Hall–Kier alpha value is -3.04. The molecule has 7 nitrogen and oxygen atoms in total. The van der Waals surface area contributed by atoms with E-state index in [1.807, 2.05) is 6.07 Å². The topological polar surface area (TPSA) is 93.1 Å². The molecular weight excluding hydrogens is 404 g/mol. The SMILES string of the molecule is CO[C@@H]1/C(=C\c2ncc(-c3cc4ccncc4cc3O)nn2)C[C@@]2(C)N[C@@H]1CC2(F)F. The molecule has 0 spiro atoms. The number of halogens is 2. The highest BCUT2D eigenvalue weighted by Gasteiger charge is 2.62. The normalized spacial score (nSPS) is 28.3. The molecule has 160 valence electrons. The molecule has 2 saturated heterocycles. The Balaban J connectivity index is 1.47. The van der Waals surface area contributed by atoms with Gasteiger partial charge < -0.3 is 15.2 Å². The molecule has 2 fully saturated rings. The highest BCUT2D eigenvalue weighted by atomic mass is 19.3. The second-order valence-electron chi connectivity index (χ2n) is 8.34. The zero-order valence-electron chi connectivity index (χ0n) is 17.0. The Morgan fingerprint density at radius 1 is 1.23 bits per heavy atom. The Kier molecular flexibility index (Phi) is 4.49. The monoisotopic (exact) mass is 425 g/mol. The second-order valence-corrected chi connectivity index (χ2v) is 8.34. The summed E-state index contributed by atoms with van der Waals surface area (Å²) in [6.07, 6.45) is 5.89. The first-order chi connectivity index (χ1) is 14.8. The van der Waals surface area contributed by atoms with E-state index in [1.165, 1.54) is 20.2 Å². The fourth-order valence-corrected chi connectivity index (χ4v) is 4.61. The first-order valence-corrected chi connectivity index (χ1v) is 9.95. The average Bonchev–Trinajstić information content (AvgIpc) is 2.92. The number of methoxy groups -OCH3 is 1. The van der Waals surface area contributed by atoms with Gasteiger partial charge in [-0.15, -0.1) is 10.2 Å². The van der Waals surface area contributed by atoms with Crippen LogP contribution in [0.15, 0.2) is 42.4 Å². The summed E-state index contributed by atoms with van der Waals surface area (Å²) >= 11 is 0. The van der Waals surface area contributed by atoms with Crippen LogP contribution in [0.4, 0.5) is 8.78 Å². The van der Waals surface area contributed by atoms with E-state index < -0.39 is 23.6 Å². The first kappa shape index (κ1) is 19.9. The molecule has 5 rings (SSSR count). The maximum atomic E-state index is 14.5. The Bertz CT molecular complexity index is 1180. The van der Waals surface area contributed by atoms with E-state index in [9.17, 15) is 13.9 Å². The number of rotatable bonds is 3. The van der Waals surface area contributed by atoms with Gasteiger partial charge >= 0.3 is 0 Å². The van der Waals surface area contributed by atoms with Gasteiger partial charge in [0.05, 0.1) is 17.8 Å². The lowest BCUT2D eigenvalue weighted by atomic mass is 9.85. The van der Waals surface area contributed by atoms with E-state index in [4.69, 9.17) is 4.74 Å². The highest BCUT2D eigenvalue weighted by Crippen LogP contribution is 2.49. The number of piperidine rings is 1. The molecule has 0 amide bonds. The van der Waals surface area contributed by atoms with E-state index in [0.29, 0.717) is 22.7 Å². The molecule has 2 aromatic heterocycles. The smallest absolute Gasteiger partial charge is 0.267 e. The number of hydrogen-bond donors (Lipinski definition) is 2. The number of ether oxygens (including phenoxy) is 1. The number of fused-ring (bicyclic) bond motifs is 3. The van der Waals surface area contributed by atoms with E-state index in [-0.39, 0.29) is 18.6 Å². The van der Waals surface area contributed by atoms with Crippen molar-refractivity contribution in [2.45, 2.75) is 43.4 Å². The number of alkyl halides is 2. The van der Waals surface area contributed by atoms with Crippen LogP contribution in [0, 0.1) is 0 Å². The molecule has 31 heavy (non-hydrogen) atoms. The summed E-state index contributed by atoms with van der Waals surface area (Å²) in [5.74, 6) is -2.47. The number of benzene rings is 1. The van der Waals surface area contributed by atoms with Crippen LogP contribution in [0.3, 0.4) is 0 Å². The summed E-state index contributed by atoms with van der Waals surface area (Å²) in [5, 5.41) is 23.4. The standard InChI is InChI=1S/C22H21F2N5O2/c1-21-8-13(20(31-2)16(27-21)9-22(21,23)24)7-19-26-11-17(28-29-19)15-5-12-3-4-25-10-14(12)6-18(15)30/h3-7,10-11,16,20,27,30H,8-9H2,1-2H3/b13-7-/t16-,20-,21-/m1/s1. The van der Waals surface area contributed by atoms with Gasteiger partial charge in [-0.25, -0.2) is 13.8 Å². The molecule has 3 atom stereocenters. The number of phenols is 1. The number of nitrogens with one attached hydrogen (secondary N) is 1. The molecule has 0 saturated carbocycles. The number of nitrogens with zero attached hydrogens (tertiary/aromatic N) is 4. The minimum atomic E-state index is -2.82. The van der Waals surface area contributed by atoms with Crippen LogP contribution in [0.1, 0.15) is 25.6 Å². The minimum Gasteiger partial charge on any atom is -0.507 e. The minimum absolute atomic E-state index is 0.0484. The van der Waals surface area contributed by atoms with Gasteiger partial charge in [-0.2, -0.15) is 0 Å². The summed E-state index contributed by atoms with van der Waals surface area (Å²) in [6.45, 7) is 1.53. The third-order valence-corrected chi connectivity index (χ3v) is 6.25. The quantitative estimate of drug-likeness (QED) is 0.665. The van der Waals surface area contributed by atoms with Crippen molar-refractivity contribution in [2.24, 2.45) is 0 Å². The molecule has 2 bridgehead atoms. The largest absolute Gasteiger partial charge is 0.507 e. The summed E-state index contributed by atoms with van der Waals surface area (Å²) < 4.78 is 34.5. The van der Waals surface area contributed by atoms with Crippen molar-refractivity contribution < 1.29 is 18.6 Å². The Morgan fingerprint density at radius 2 is 2.06 bits per heavy atom. The molecule has 4 heterocycles. The van der Waals surface area contributed by atoms with Gasteiger partial charge in [0.1, 0.15) is 11.4 Å². The average molecular weight is 425 g/mol. The van der Waals surface area contributed by atoms with Crippen LogP contribution in [0.25, 0.3) is 28.1 Å². The van der Waals surface area contributed by atoms with Crippen LogP contribution in [0.2, 0.25) is 0 Å². The number of aromatic hydroxyl groups is 1. The molecule has 1 aromatic carbocycles. The molecule has 2 aliphatic rings. The molecule has 2 aliphatic heterocycles. The lowest BCUT2D eigenvalue weighted by molar-refractivity contribution is -0.0523. The summed E-state index contributed by atoms with van der Waals surface area (Å²) in [7, 11) is 1.51. The third kappa shape index (κ3) is 3.24. The van der Waals surface area contributed by atoms with E-state index in [0.717, 1.165) is 10.8 Å². The van der Waals surface area contributed by atoms with Crippen molar-refractivity contribution in [2.75, 3.05) is 7.11 Å². The molecule has 2 N–H and O–H groups in total. The fourth-order valence-electron chi connectivity index (χ4n) is 4.61. The zero-order chi connectivity index (χ0) is 21.8. The molecule has 9 heteroatoms. The summed E-state index contributed by atoms with van der Waals surface area (Å²) in [6, 6.07) is 4.78. The predicted octanol–water partition coefficient (Wildman–Crippen LogP) is 3.35. The van der Waals surface area contributed by atoms with Crippen molar-refractivity contribution >= 4 is 16.8 Å². The van der Waals surface area contributed by atoms with Gasteiger partial charge in [0.25, 0.3) is 5.92 Å². The number of hydrogen-bond acceptors (Lipinski definition) is 7. The predicted molar refractivity (Wildman–Crippen MR) is 111 cm³/mol. The highest BCUT2D eigenvalue weighted by molar-refractivity contribution is 5.89. The van der Waals surface area contributed by atoms with Crippen LogP contribution in [0.5, 0.6) is 5.75 Å². The van der Waals surface area contributed by atoms with Crippen LogP contribution >= 0.6 is 0 Å². The van der Waals surface area contributed by atoms with Crippen molar-refractivity contribution in [3.05, 3.63) is 48.2 Å². The van der Waals surface area contributed by atoms with E-state index in [2.05, 4.69) is 25.5 Å². The van der Waals surface area contributed by atoms with Gasteiger partial charge in [0.15, 0.2) is 5.82 Å². The molecule has 3 aromatic rings. The molecule has 0 unspecified atom stereocenters. The van der Waals surface area contributed by atoms with E-state index in [1.54, 1.807) is 30.6 Å². The first-order valence-electron chi connectivity index (χ1n) is 9.95. The van der Waals surface area contributed by atoms with Gasteiger partial charge in [-0.05, 0) is 48.6 Å². The lowest BCUT2D eigenvalue weighted by Gasteiger charge is -2.38. The Morgan fingerprint density at radius 3 is 2.81 bits per heavy atom. The van der Waals surface area contributed by atoms with Crippen LogP contribution in [-0.4, -0.2) is 56.0 Å². The number of aromatic nitrogens is 4. The fraction of sp³-hybridized carbons (Fsp3) is 0.364. The zero-order valence-corrected chi connectivity index (χ0v) is 17.0. The molecule has 0 aliphatic carbocycles. The van der Waals surface area contributed by atoms with Gasteiger partial charge in [0.2, 0.25) is 0 Å². The van der Waals surface area contributed by atoms with Crippen molar-refractivity contribution in [3.8, 4) is 17.0 Å². The maximum absolute atomic E-state index is 14.5. The van der Waals surface area contributed by atoms with Crippen LogP contribution in [-0.2, 0) is 4.74 Å². The molecule has 0 radical (unpaired) electrons. The van der Waals surface area contributed by atoms with Crippen LogP contribution < -0.4 is 5.32 Å². The van der Waals surface area contributed by atoms with Gasteiger partial charge in [0, 0.05) is 42.9 Å². The second kappa shape index (κ2) is 7.00. The molecular formula is C22H21F2N5O2. The number of pyridine rings is 1. The van der Waals surface area contributed by atoms with Crippen molar-refractivity contribution in [1.29, 1.82) is 0 Å². The summed E-state index contributed by atoms with van der Waals surface area (Å²) in [5.41, 5.74) is 0.296. The van der Waals surface area contributed by atoms with Gasteiger partial charge in [-0.3, -0.25) is 4.98 Å². The third-order valence-electron chi connectivity index (χ3n) is 6.25. The maximum Gasteiger partial charge on any atom is 0.267 e. The number of phenolic OH excluding ortho intramolecular Hbond substituents is 1. The van der Waals surface area contributed by atoms with Crippen molar-refractivity contribution in [1.82, 2.24) is 25.5 Å². The van der Waals surface area contributed by atoms with Crippen molar-refractivity contribution in [3.63, 3.8) is 0 Å².